The maximum atomic E-state index is 10.6. The molecule has 0 radical (unpaired) electrons. The molecule has 0 amide bonds. The number of hydrogen-bond donors (Lipinski definition) is 2. The van der Waals surface area contributed by atoms with Gasteiger partial charge in [0.05, 0.1) is 11.7 Å². The first-order chi connectivity index (χ1) is 6.69. The van der Waals surface area contributed by atoms with Crippen LogP contribution in [-0.4, -0.2) is 30.5 Å². The van der Waals surface area contributed by atoms with Gasteiger partial charge in [-0.3, -0.25) is 0 Å². The van der Waals surface area contributed by atoms with Gasteiger partial charge in [0.15, 0.2) is 0 Å². The van der Waals surface area contributed by atoms with Gasteiger partial charge in [0.2, 0.25) is 0 Å². The number of nitrogens with two attached hydrogens (primary N) is 1. The minimum absolute atomic E-state index is 0.0234. The normalized spacial score (nSPS) is 35.6. The second kappa shape index (κ2) is 5.10. The van der Waals surface area contributed by atoms with Crippen LogP contribution in [0.3, 0.4) is 0 Å². The van der Waals surface area contributed by atoms with Crippen molar-refractivity contribution in [2.75, 3.05) is 13.7 Å². The highest BCUT2D eigenvalue weighted by Gasteiger charge is 2.44. The average Bonchev–Trinajstić information content (AvgIpc) is 2.20. The van der Waals surface area contributed by atoms with Gasteiger partial charge in [0.25, 0.3) is 0 Å². The fraction of sp³-hybridized carbons (Fsp3) is 1.00. The first-order valence-electron chi connectivity index (χ1n) is 5.64. The van der Waals surface area contributed by atoms with Gasteiger partial charge in [-0.05, 0) is 25.8 Å². The molecule has 0 aromatic carbocycles. The third-order valence-electron chi connectivity index (χ3n) is 3.62. The summed E-state index contributed by atoms with van der Waals surface area (Å²) >= 11 is 0. The van der Waals surface area contributed by atoms with Gasteiger partial charge in [-0.2, -0.15) is 0 Å². The molecule has 0 aromatic heterocycles. The van der Waals surface area contributed by atoms with Crippen LogP contribution in [0.5, 0.6) is 0 Å². The van der Waals surface area contributed by atoms with Crippen molar-refractivity contribution in [3.8, 4) is 0 Å². The Kier molecular flexibility index (Phi) is 4.35. The number of methoxy groups -OCH3 is 1. The zero-order chi connectivity index (χ0) is 10.6. The maximum absolute atomic E-state index is 10.6. The maximum Gasteiger partial charge on any atom is 0.0947 e. The largest absolute Gasteiger partial charge is 0.387 e. The first kappa shape index (κ1) is 12.0. The standard InChI is InChI=1S/C11H23NO2/c1-3-9(8-12)11(13)7-5-4-6-10(11)14-2/h9-10,13H,3-8,12H2,1-2H3. The molecule has 1 rings (SSSR count). The Morgan fingerprint density at radius 1 is 1.57 bits per heavy atom. The van der Waals surface area contributed by atoms with Crippen LogP contribution in [0, 0.1) is 5.92 Å². The zero-order valence-corrected chi connectivity index (χ0v) is 9.33. The van der Waals surface area contributed by atoms with E-state index in [1.165, 1.54) is 0 Å². The van der Waals surface area contributed by atoms with E-state index in [1.54, 1.807) is 7.11 Å². The molecule has 1 aliphatic rings. The summed E-state index contributed by atoms with van der Waals surface area (Å²) < 4.78 is 5.39. The summed E-state index contributed by atoms with van der Waals surface area (Å²) in [4.78, 5) is 0. The van der Waals surface area contributed by atoms with E-state index in [2.05, 4.69) is 6.92 Å². The molecule has 3 atom stereocenters. The average molecular weight is 201 g/mol. The van der Waals surface area contributed by atoms with Crippen LogP contribution in [0.4, 0.5) is 0 Å². The van der Waals surface area contributed by atoms with E-state index < -0.39 is 5.60 Å². The number of ether oxygens (including phenoxy) is 1. The van der Waals surface area contributed by atoms with Crippen molar-refractivity contribution in [3.05, 3.63) is 0 Å². The fourth-order valence-corrected chi connectivity index (χ4v) is 2.66. The molecular weight excluding hydrogens is 178 g/mol. The molecule has 3 heteroatoms. The third-order valence-corrected chi connectivity index (χ3v) is 3.62. The Bertz CT molecular complexity index is 161. The monoisotopic (exact) mass is 201 g/mol. The van der Waals surface area contributed by atoms with Crippen molar-refractivity contribution in [2.45, 2.75) is 50.7 Å². The van der Waals surface area contributed by atoms with Crippen LogP contribution < -0.4 is 5.73 Å². The van der Waals surface area contributed by atoms with Crippen LogP contribution in [0.15, 0.2) is 0 Å². The van der Waals surface area contributed by atoms with Crippen LogP contribution >= 0.6 is 0 Å². The highest BCUT2D eigenvalue weighted by Crippen LogP contribution is 2.37. The molecule has 14 heavy (non-hydrogen) atoms. The highest BCUT2D eigenvalue weighted by molar-refractivity contribution is 4.96. The number of aliphatic hydroxyl groups is 1. The van der Waals surface area contributed by atoms with Gasteiger partial charge in [0, 0.05) is 13.0 Å². The van der Waals surface area contributed by atoms with Crippen molar-refractivity contribution in [1.82, 2.24) is 0 Å². The van der Waals surface area contributed by atoms with E-state index in [1.807, 2.05) is 0 Å². The predicted molar refractivity (Wildman–Crippen MR) is 57.1 cm³/mol. The van der Waals surface area contributed by atoms with E-state index >= 15 is 0 Å². The molecule has 0 bridgehead atoms. The second-order valence-corrected chi connectivity index (χ2v) is 4.30. The summed E-state index contributed by atoms with van der Waals surface area (Å²) in [5.74, 6) is 0.174. The quantitative estimate of drug-likeness (QED) is 0.720. The van der Waals surface area contributed by atoms with Crippen molar-refractivity contribution in [3.63, 3.8) is 0 Å². The molecular formula is C11H23NO2. The summed E-state index contributed by atoms with van der Waals surface area (Å²) in [5, 5.41) is 10.6. The Hall–Kier alpha value is -0.120. The molecule has 0 aromatic rings. The smallest absolute Gasteiger partial charge is 0.0947 e. The molecule has 0 aliphatic heterocycles. The summed E-state index contributed by atoms with van der Waals surface area (Å²) in [6.07, 6.45) is 4.94. The van der Waals surface area contributed by atoms with Crippen molar-refractivity contribution in [2.24, 2.45) is 11.7 Å². The minimum atomic E-state index is -0.684. The molecule has 0 heterocycles. The van der Waals surface area contributed by atoms with Crippen LogP contribution in [0.2, 0.25) is 0 Å². The van der Waals surface area contributed by atoms with Gasteiger partial charge < -0.3 is 15.6 Å². The van der Waals surface area contributed by atoms with Gasteiger partial charge >= 0.3 is 0 Å². The molecule has 3 nitrogen and oxygen atoms in total. The van der Waals surface area contributed by atoms with Gasteiger partial charge in [-0.25, -0.2) is 0 Å². The summed E-state index contributed by atoms with van der Waals surface area (Å²) in [5.41, 5.74) is 5.02. The van der Waals surface area contributed by atoms with Gasteiger partial charge in [-0.1, -0.05) is 19.8 Å². The summed E-state index contributed by atoms with van der Waals surface area (Å²) in [7, 11) is 1.68. The Balaban J connectivity index is 2.75. The van der Waals surface area contributed by atoms with E-state index in [-0.39, 0.29) is 12.0 Å². The number of rotatable bonds is 4. The topological polar surface area (TPSA) is 55.5 Å². The van der Waals surface area contributed by atoms with Crippen molar-refractivity contribution in [1.29, 1.82) is 0 Å². The minimum Gasteiger partial charge on any atom is -0.387 e. The Morgan fingerprint density at radius 3 is 2.79 bits per heavy atom. The van der Waals surface area contributed by atoms with E-state index in [4.69, 9.17) is 10.5 Å². The highest BCUT2D eigenvalue weighted by atomic mass is 16.5. The molecule has 3 unspecified atom stereocenters. The Morgan fingerprint density at radius 2 is 2.29 bits per heavy atom. The molecule has 1 aliphatic carbocycles. The second-order valence-electron chi connectivity index (χ2n) is 4.30. The first-order valence-corrected chi connectivity index (χ1v) is 5.64. The van der Waals surface area contributed by atoms with E-state index in [0.717, 1.165) is 32.1 Å². The lowest BCUT2D eigenvalue weighted by Gasteiger charge is -2.44. The lowest BCUT2D eigenvalue weighted by Crippen LogP contribution is -2.53. The SMILES string of the molecule is CCC(CN)C1(O)CCCCC1OC. The Labute approximate surface area is 86.6 Å². The molecule has 1 saturated carbocycles. The van der Waals surface area contributed by atoms with Crippen LogP contribution in [-0.2, 0) is 4.74 Å². The molecule has 1 fully saturated rings. The lowest BCUT2D eigenvalue weighted by molar-refractivity contribution is -0.148. The molecule has 0 spiro atoms. The molecule has 3 N–H and O–H groups in total. The van der Waals surface area contributed by atoms with Gasteiger partial charge in [0.1, 0.15) is 0 Å². The number of hydrogen-bond acceptors (Lipinski definition) is 3. The molecule has 0 saturated heterocycles. The predicted octanol–water partition coefficient (Wildman–Crippen LogP) is 1.29. The van der Waals surface area contributed by atoms with E-state index in [9.17, 15) is 5.11 Å². The molecule has 84 valence electrons. The van der Waals surface area contributed by atoms with Crippen molar-refractivity contribution < 1.29 is 9.84 Å². The zero-order valence-electron chi connectivity index (χ0n) is 9.33. The van der Waals surface area contributed by atoms with Gasteiger partial charge in [-0.15, -0.1) is 0 Å². The van der Waals surface area contributed by atoms with E-state index in [0.29, 0.717) is 6.54 Å². The summed E-state index contributed by atoms with van der Waals surface area (Å²) in [6.45, 7) is 2.63. The van der Waals surface area contributed by atoms with Crippen LogP contribution in [0.1, 0.15) is 39.0 Å². The summed E-state index contributed by atoms with van der Waals surface area (Å²) in [6, 6.07) is 0. The third kappa shape index (κ3) is 2.10. The van der Waals surface area contributed by atoms with Crippen molar-refractivity contribution >= 4 is 0 Å². The van der Waals surface area contributed by atoms with Crippen LogP contribution in [0.25, 0.3) is 0 Å². The lowest BCUT2D eigenvalue weighted by atomic mass is 9.72. The fourth-order valence-electron chi connectivity index (χ4n) is 2.66.